The van der Waals surface area contributed by atoms with Gasteiger partial charge in [-0.05, 0) is 33.1 Å². The van der Waals surface area contributed by atoms with Gasteiger partial charge in [0, 0.05) is 24.5 Å². The largest absolute Gasteiger partial charge is 0.339 e. The number of nitrogens with zero attached hydrogens (tertiary/aromatic N) is 1. The van der Waals surface area contributed by atoms with Crippen molar-refractivity contribution in [3.63, 3.8) is 0 Å². The summed E-state index contributed by atoms with van der Waals surface area (Å²) in [7, 11) is -2.96. The fourth-order valence-electron chi connectivity index (χ4n) is 2.43. The summed E-state index contributed by atoms with van der Waals surface area (Å²) in [4.78, 5) is 14.1. The molecule has 1 amide bonds. The van der Waals surface area contributed by atoms with Gasteiger partial charge in [0.15, 0.2) is 9.84 Å². The van der Waals surface area contributed by atoms with Crippen LogP contribution < -0.4 is 5.73 Å². The Hall–Kier alpha value is -0.620. The van der Waals surface area contributed by atoms with Gasteiger partial charge >= 0.3 is 0 Å². The van der Waals surface area contributed by atoms with Crippen molar-refractivity contribution >= 4 is 15.7 Å². The van der Waals surface area contributed by atoms with E-state index in [1.807, 2.05) is 13.8 Å². The summed E-state index contributed by atoms with van der Waals surface area (Å²) in [6.45, 7) is 6.52. The van der Waals surface area contributed by atoms with Gasteiger partial charge in [-0.2, -0.15) is 0 Å². The fourth-order valence-corrected chi connectivity index (χ4v) is 4.16. The van der Waals surface area contributed by atoms with Crippen LogP contribution in [0, 0.1) is 0 Å². The zero-order valence-electron chi connectivity index (χ0n) is 12.9. The van der Waals surface area contributed by atoms with E-state index in [1.54, 1.807) is 4.90 Å². The van der Waals surface area contributed by atoms with Crippen molar-refractivity contribution in [2.24, 2.45) is 5.73 Å². The summed E-state index contributed by atoms with van der Waals surface area (Å²) >= 11 is 0. The summed E-state index contributed by atoms with van der Waals surface area (Å²) < 4.78 is 23.2. The van der Waals surface area contributed by atoms with Crippen LogP contribution in [-0.2, 0) is 14.6 Å². The van der Waals surface area contributed by atoms with Gasteiger partial charge in [-0.15, -0.1) is 0 Å². The molecule has 5 nitrogen and oxygen atoms in total. The first-order valence-corrected chi connectivity index (χ1v) is 9.25. The minimum absolute atomic E-state index is 0.0408. The number of nitrogens with two attached hydrogens (primary N) is 1. The fraction of sp³-hybridized carbons (Fsp3) is 0.929. The third kappa shape index (κ3) is 5.79. The number of hydrogen-bond acceptors (Lipinski definition) is 4. The van der Waals surface area contributed by atoms with E-state index in [4.69, 9.17) is 5.73 Å². The highest BCUT2D eigenvalue weighted by Gasteiger charge is 2.34. The van der Waals surface area contributed by atoms with Crippen molar-refractivity contribution in [1.82, 2.24) is 4.90 Å². The van der Waals surface area contributed by atoms with Gasteiger partial charge in [0.2, 0.25) is 5.91 Å². The number of carbonyl (C=O) groups excluding carboxylic acids is 1. The molecule has 1 fully saturated rings. The summed E-state index contributed by atoms with van der Waals surface area (Å²) in [5.41, 5.74) is 5.55. The molecule has 118 valence electrons. The van der Waals surface area contributed by atoms with Crippen LogP contribution in [0.2, 0.25) is 0 Å². The quantitative estimate of drug-likeness (QED) is 0.769. The van der Waals surface area contributed by atoms with Crippen molar-refractivity contribution < 1.29 is 13.2 Å². The molecule has 1 atom stereocenters. The Morgan fingerprint density at radius 2 is 2.05 bits per heavy atom. The Morgan fingerprint density at radius 1 is 1.40 bits per heavy atom. The zero-order valence-corrected chi connectivity index (χ0v) is 13.7. The minimum Gasteiger partial charge on any atom is -0.339 e. The van der Waals surface area contributed by atoms with Gasteiger partial charge in [0.05, 0.1) is 11.5 Å². The highest BCUT2D eigenvalue weighted by atomic mass is 32.2. The number of unbranched alkanes of at least 4 members (excludes halogenated alkanes) is 1. The van der Waals surface area contributed by atoms with Crippen molar-refractivity contribution in [3.8, 4) is 0 Å². The molecule has 0 radical (unpaired) electrons. The molecule has 0 aliphatic carbocycles. The Balaban J connectivity index is 2.66. The van der Waals surface area contributed by atoms with E-state index in [2.05, 4.69) is 6.92 Å². The predicted molar refractivity (Wildman–Crippen MR) is 81.2 cm³/mol. The molecule has 0 aromatic heterocycles. The van der Waals surface area contributed by atoms with E-state index in [-0.39, 0.29) is 29.0 Å². The molecular formula is C14H28N2O3S. The van der Waals surface area contributed by atoms with Gasteiger partial charge in [0.1, 0.15) is 0 Å². The summed E-state index contributed by atoms with van der Waals surface area (Å²) in [6, 6.07) is -0.139. The molecule has 0 saturated carbocycles. The maximum Gasteiger partial charge on any atom is 0.222 e. The first kappa shape index (κ1) is 17.4. The third-order valence-corrected chi connectivity index (χ3v) is 5.46. The summed E-state index contributed by atoms with van der Waals surface area (Å²) in [6.07, 6.45) is 3.49. The standard InChI is InChI=1S/C14H28N2O3S/c1-4-5-9-16(12-7-10-20(18,19)11-12)13(17)6-8-14(2,3)15/h12H,4-11,15H2,1-3H3. The number of amides is 1. The molecule has 1 rings (SSSR count). The molecule has 1 aliphatic rings. The van der Waals surface area contributed by atoms with E-state index in [9.17, 15) is 13.2 Å². The minimum atomic E-state index is -2.96. The molecule has 0 aromatic rings. The van der Waals surface area contributed by atoms with Gasteiger partial charge in [0.25, 0.3) is 0 Å². The molecule has 0 bridgehead atoms. The smallest absolute Gasteiger partial charge is 0.222 e. The monoisotopic (exact) mass is 304 g/mol. The molecular weight excluding hydrogens is 276 g/mol. The molecule has 0 aromatic carbocycles. The average molecular weight is 304 g/mol. The lowest BCUT2D eigenvalue weighted by Crippen LogP contribution is -2.43. The molecule has 1 heterocycles. The Morgan fingerprint density at radius 3 is 2.50 bits per heavy atom. The normalized spacial score (nSPS) is 21.9. The Kier molecular flexibility index (Phi) is 6.01. The first-order valence-electron chi connectivity index (χ1n) is 7.43. The van der Waals surface area contributed by atoms with Crippen molar-refractivity contribution in [1.29, 1.82) is 0 Å². The van der Waals surface area contributed by atoms with Crippen LogP contribution in [-0.4, -0.2) is 48.9 Å². The maximum atomic E-state index is 12.4. The van der Waals surface area contributed by atoms with Gasteiger partial charge in [-0.1, -0.05) is 13.3 Å². The molecule has 0 spiro atoms. The molecule has 20 heavy (non-hydrogen) atoms. The van der Waals surface area contributed by atoms with Crippen LogP contribution in [0.4, 0.5) is 0 Å². The van der Waals surface area contributed by atoms with Crippen LogP contribution >= 0.6 is 0 Å². The van der Waals surface area contributed by atoms with E-state index in [0.29, 0.717) is 25.8 Å². The van der Waals surface area contributed by atoms with Crippen LogP contribution in [0.5, 0.6) is 0 Å². The third-order valence-electron chi connectivity index (χ3n) is 3.71. The van der Waals surface area contributed by atoms with E-state index < -0.39 is 9.84 Å². The maximum absolute atomic E-state index is 12.4. The second-order valence-electron chi connectivity index (χ2n) is 6.49. The SMILES string of the molecule is CCCCN(C(=O)CCC(C)(C)N)C1CCS(=O)(=O)C1. The van der Waals surface area contributed by atoms with Gasteiger partial charge < -0.3 is 10.6 Å². The van der Waals surface area contributed by atoms with Crippen molar-refractivity contribution in [2.45, 2.75) is 64.5 Å². The summed E-state index contributed by atoms with van der Waals surface area (Å²) in [5.74, 6) is 0.365. The second kappa shape index (κ2) is 6.89. The predicted octanol–water partition coefficient (Wildman–Crippen LogP) is 1.32. The van der Waals surface area contributed by atoms with Crippen LogP contribution in [0.1, 0.15) is 52.9 Å². The van der Waals surface area contributed by atoms with Crippen LogP contribution in [0.3, 0.4) is 0 Å². The van der Waals surface area contributed by atoms with Crippen LogP contribution in [0.15, 0.2) is 0 Å². The lowest BCUT2D eigenvalue weighted by molar-refractivity contribution is -0.133. The van der Waals surface area contributed by atoms with Crippen molar-refractivity contribution in [3.05, 3.63) is 0 Å². The Labute approximate surface area is 122 Å². The second-order valence-corrected chi connectivity index (χ2v) is 8.71. The highest BCUT2D eigenvalue weighted by Crippen LogP contribution is 2.20. The average Bonchev–Trinajstić information content (AvgIpc) is 2.66. The van der Waals surface area contributed by atoms with E-state index in [0.717, 1.165) is 12.8 Å². The Bertz CT molecular complexity index is 426. The molecule has 1 unspecified atom stereocenters. The van der Waals surface area contributed by atoms with Gasteiger partial charge in [-0.25, -0.2) is 8.42 Å². The number of rotatable bonds is 7. The number of hydrogen-bond donors (Lipinski definition) is 1. The number of carbonyl (C=O) groups is 1. The molecule has 1 aliphatic heterocycles. The van der Waals surface area contributed by atoms with E-state index in [1.165, 1.54) is 0 Å². The van der Waals surface area contributed by atoms with Crippen LogP contribution in [0.25, 0.3) is 0 Å². The topological polar surface area (TPSA) is 80.5 Å². The molecule has 6 heteroatoms. The highest BCUT2D eigenvalue weighted by molar-refractivity contribution is 7.91. The first-order chi connectivity index (χ1) is 9.14. The zero-order chi connectivity index (χ0) is 15.4. The van der Waals surface area contributed by atoms with Gasteiger partial charge in [-0.3, -0.25) is 4.79 Å². The lowest BCUT2D eigenvalue weighted by Gasteiger charge is -2.29. The molecule has 2 N–H and O–H groups in total. The van der Waals surface area contributed by atoms with Crippen molar-refractivity contribution in [2.75, 3.05) is 18.1 Å². The number of sulfone groups is 1. The molecule has 1 saturated heterocycles. The lowest BCUT2D eigenvalue weighted by atomic mass is 9.99. The summed E-state index contributed by atoms with van der Waals surface area (Å²) in [5, 5.41) is 0. The van der Waals surface area contributed by atoms with E-state index >= 15 is 0 Å².